The summed E-state index contributed by atoms with van der Waals surface area (Å²) in [4.78, 5) is 13.4. The Morgan fingerprint density at radius 2 is 1.81 bits per heavy atom. The van der Waals surface area contributed by atoms with E-state index in [9.17, 15) is 9.18 Å². The van der Waals surface area contributed by atoms with Crippen LogP contribution in [0.3, 0.4) is 0 Å². The number of rotatable bonds is 2. The first kappa shape index (κ1) is 19.1. The van der Waals surface area contributed by atoms with Gasteiger partial charge >= 0.3 is 5.18 Å². The Balaban J connectivity index is 1.42. The highest BCUT2D eigenvalue weighted by Crippen LogP contribution is 2.53. The molecule has 1 fully saturated rings. The van der Waals surface area contributed by atoms with Gasteiger partial charge in [0.2, 0.25) is 0 Å². The van der Waals surface area contributed by atoms with Gasteiger partial charge in [0, 0.05) is 12.0 Å². The first-order chi connectivity index (χ1) is 15.6. The molecule has 1 N–H and O–H groups in total. The molecule has 3 heterocycles. The molecule has 3 aromatic rings. The summed E-state index contributed by atoms with van der Waals surface area (Å²) in [5.74, 6) is 0.164. The Hall–Kier alpha value is -3.58. The number of hydrogen-bond acceptors (Lipinski definition) is 5. The van der Waals surface area contributed by atoms with Gasteiger partial charge in [-0.15, -0.1) is 0 Å². The van der Waals surface area contributed by atoms with Gasteiger partial charge in [0.05, 0.1) is 16.7 Å². The Kier molecular flexibility index (Phi) is 4.33. The molecule has 3 aromatic carbocycles. The summed E-state index contributed by atoms with van der Waals surface area (Å²) in [5, 5.41) is 8.61. The molecule has 32 heavy (non-hydrogen) atoms. The van der Waals surface area contributed by atoms with Crippen LogP contribution in [0.15, 0.2) is 88.9 Å². The zero-order valence-corrected chi connectivity index (χ0v) is 17.7. The maximum absolute atomic E-state index is 13.3. The quantitative estimate of drug-likeness (QED) is 0.574. The monoisotopic (exact) mass is 443 g/mol. The highest BCUT2D eigenvalue weighted by Gasteiger charge is 2.57. The molecule has 5 nitrogen and oxygen atoms in total. The van der Waals surface area contributed by atoms with Crippen molar-refractivity contribution in [1.82, 2.24) is 10.3 Å². The van der Waals surface area contributed by atoms with E-state index in [0.29, 0.717) is 11.3 Å². The predicted molar refractivity (Wildman–Crippen MR) is 122 cm³/mol. The van der Waals surface area contributed by atoms with E-state index >= 15 is 0 Å². The fraction of sp³-hybridized carbons (Fsp3) is 0.120. The molecule has 1 amide bonds. The van der Waals surface area contributed by atoms with Crippen molar-refractivity contribution < 1.29 is 13.9 Å². The minimum atomic E-state index is -1.18. The van der Waals surface area contributed by atoms with E-state index in [-0.39, 0.29) is 17.8 Å². The molecule has 1 spiro atoms. The van der Waals surface area contributed by atoms with Crippen LogP contribution in [-0.4, -0.2) is 21.8 Å². The van der Waals surface area contributed by atoms with Crippen LogP contribution in [0.2, 0.25) is 0 Å². The van der Waals surface area contributed by atoms with Crippen LogP contribution < -0.4 is 10.1 Å². The molecule has 6 rings (SSSR count). The number of benzene rings is 3. The fourth-order valence-corrected chi connectivity index (χ4v) is 5.43. The van der Waals surface area contributed by atoms with E-state index in [1.807, 2.05) is 59.6 Å². The van der Waals surface area contributed by atoms with Gasteiger partial charge < -0.3 is 4.74 Å². The normalized spacial score (nSPS) is 24.7. The SMILES string of the molecule is O=C1NC2(Oc3ccccc3C3CC(c4ccccc4)=NN32)S/C1=C\c1ccc(F)cc1. The van der Waals surface area contributed by atoms with E-state index in [0.717, 1.165) is 28.2 Å². The van der Waals surface area contributed by atoms with Crippen molar-refractivity contribution in [1.29, 1.82) is 0 Å². The Morgan fingerprint density at radius 3 is 2.62 bits per heavy atom. The summed E-state index contributed by atoms with van der Waals surface area (Å²) in [6.45, 7) is 0. The average molecular weight is 444 g/mol. The van der Waals surface area contributed by atoms with Gasteiger partial charge in [-0.05, 0) is 47.2 Å². The Morgan fingerprint density at radius 1 is 1.06 bits per heavy atom. The number of nitrogens with one attached hydrogen (secondary N) is 1. The third-order valence-electron chi connectivity index (χ3n) is 5.76. The molecule has 2 atom stereocenters. The van der Waals surface area contributed by atoms with E-state index in [1.54, 1.807) is 18.2 Å². The summed E-state index contributed by atoms with van der Waals surface area (Å²) in [7, 11) is 0. The highest BCUT2D eigenvalue weighted by molar-refractivity contribution is 8.05. The van der Waals surface area contributed by atoms with Gasteiger partial charge in [-0.2, -0.15) is 5.10 Å². The van der Waals surface area contributed by atoms with E-state index in [2.05, 4.69) is 5.32 Å². The van der Waals surface area contributed by atoms with Crippen molar-refractivity contribution in [2.75, 3.05) is 0 Å². The number of carbonyl (C=O) groups excluding carboxylic acids is 1. The molecule has 3 aliphatic rings. The van der Waals surface area contributed by atoms with Crippen LogP contribution in [0, 0.1) is 5.82 Å². The minimum Gasteiger partial charge on any atom is -0.439 e. The molecule has 158 valence electrons. The van der Waals surface area contributed by atoms with Gasteiger partial charge in [-0.25, -0.2) is 9.40 Å². The van der Waals surface area contributed by atoms with Gasteiger partial charge in [0.25, 0.3) is 5.91 Å². The molecule has 0 aliphatic carbocycles. The van der Waals surface area contributed by atoms with Crippen molar-refractivity contribution in [3.63, 3.8) is 0 Å². The molecular formula is C25H18FN3O2S. The lowest BCUT2D eigenvalue weighted by molar-refractivity contribution is -0.127. The summed E-state index contributed by atoms with van der Waals surface area (Å²) < 4.78 is 19.7. The van der Waals surface area contributed by atoms with Crippen LogP contribution in [0.5, 0.6) is 5.75 Å². The van der Waals surface area contributed by atoms with Gasteiger partial charge in [-0.3, -0.25) is 10.1 Å². The number of para-hydroxylation sites is 1. The Labute approximate surface area is 188 Å². The first-order valence-electron chi connectivity index (χ1n) is 10.3. The van der Waals surface area contributed by atoms with E-state index < -0.39 is 5.18 Å². The molecule has 0 radical (unpaired) electrons. The number of hydrazone groups is 1. The van der Waals surface area contributed by atoms with Gasteiger partial charge in [0.1, 0.15) is 11.6 Å². The van der Waals surface area contributed by atoms with Crippen LogP contribution in [-0.2, 0) is 4.79 Å². The van der Waals surface area contributed by atoms with Gasteiger partial charge in [0.15, 0.2) is 0 Å². The first-order valence-corrected chi connectivity index (χ1v) is 11.1. The zero-order chi connectivity index (χ0) is 21.7. The molecule has 1 saturated heterocycles. The average Bonchev–Trinajstić information content (AvgIpc) is 3.39. The smallest absolute Gasteiger partial charge is 0.336 e. The molecule has 0 bridgehead atoms. The molecule has 0 saturated carbocycles. The Bertz CT molecular complexity index is 1280. The standard InChI is InChI=1S/C25H18FN3O2S/c26-18-12-10-16(11-13-18)14-23-24(30)27-25(32-23)29-21(19-8-4-5-9-22(19)31-25)15-20(28-29)17-6-2-1-3-7-17/h1-14,21H,15H2,(H,27,30)/b23-14-. The predicted octanol–water partition coefficient (Wildman–Crippen LogP) is 4.88. The third kappa shape index (κ3) is 3.08. The van der Waals surface area contributed by atoms with E-state index in [1.165, 1.54) is 23.9 Å². The highest BCUT2D eigenvalue weighted by atomic mass is 32.2. The van der Waals surface area contributed by atoms with Crippen LogP contribution in [0.1, 0.15) is 29.2 Å². The molecule has 7 heteroatoms. The number of thioether (sulfide) groups is 1. The van der Waals surface area contributed by atoms with Crippen molar-refractivity contribution in [3.8, 4) is 5.75 Å². The van der Waals surface area contributed by atoms with Gasteiger partial charge in [-0.1, -0.05) is 60.7 Å². The van der Waals surface area contributed by atoms with Crippen LogP contribution in [0.4, 0.5) is 4.39 Å². The van der Waals surface area contributed by atoms with Crippen molar-refractivity contribution in [2.45, 2.75) is 17.6 Å². The summed E-state index contributed by atoms with van der Waals surface area (Å²) >= 11 is 1.28. The number of halogens is 1. The molecular weight excluding hydrogens is 425 g/mol. The summed E-state index contributed by atoms with van der Waals surface area (Å²) in [5.41, 5.74) is 3.77. The van der Waals surface area contributed by atoms with E-state index in [4.69, 9.17) is 9.84 Å². The zero-order valence-electron chi connectivity index (χ0n) is 16.9. The molecule has 0 aromatic heterocycles. The third-order valence-corrected chi connectivity index (χ3v) is 6.93. The second kappa shape index (κ2) is 7.24. The number of ether oxygens (including phenoxy) is 1. The number of hydrogen-bond donors (Lipinski definition) is 1. The summed E-state index contributed by atoms with van der Waals surface area (Å²) in [6.07, 6.45) is 2.45. The van der Waals surface area contributed by atoms with Crippen molar-refractivity contribution in [2.24, 2.45) is 5.10 Å². The topological polar surface area (TPSA) is 53.9 Å². The lowest BCUT2D eigenvalue weighted by atomic mass is 9.97. The maximum atomic E-state index is 13.3. The fourth-order valence-electron chi connectivity index (χ4n) is 4.26. The van der Waals surface area contributed by atoms with Crippen molar-refractivity contribution in [3.05, 3.63) is 106 Å². The minimum absolute atomic E-state index is 0.0619. The lowest BCUT2D eigenvalue weighted by Gasteiger charge is -2.43. The van der Waals surface area contributed by atoms with Crippen LogP contribution in [0.25, 0.3) is 6.08 Å². The molecule has 3 aliphatic heterocycles. The maximum Gasteiger partial charge on any atom is 0.336 e. The number of amides is 1. The molecule has 2 unspecified atom stereocenters. The van der Waals surface area contributed by atoms with Crippen LogP contribution >= 0.6 is 11.8 Å². The number of carbonyl (C=O) groups is 1. The number of fused-ring (bicyclic) bond motifs is 4. The largest absolute Gasteiger partial charge is 0.439 e. The second-order valence-corrected chi connectivity index (χ2v) is 9.01. The summed E-state index contributed by atoms with van der Waals surface area (Å²) in [6, 6.07) is 23.9. The number of nitrogens with zero attached hydrogens (tertiary/aromatic N) is 2. The second-order valence-electron chi connectivity index (χ2n) is 7.82. The van der Waals surface area contributed by atoms with Crippen molar-refractivity contribution >= 4 is 29.5 Å². The lowest BCUT2D eigenvalue weighted by Crippen LogP contribution is -2.58.